The van der Waals surface area contributed by atoms with Crippen LogP contribution >= 0.6 is 0 Å². The van der Waals surface area contributed by atoms with E-state index in [-0.39, 0.29) is 5.92 Å². The Bertz CT molecular complexity index is 4690. The molecule has 0 bridgehead atoms. The number of rotatable bonds is 10. The van der Waals surface area contributed by atoms with Crippen molar-refractivity contribution in [3.8, 4) is 28.3 Å². The van der Waals surface area contributed by atoms with E-state index in [1.54, 1.807) is 0 Å². The molecule has 4 heterocycles. The number of ether oxygens (including phenoxy) is 1. The van der Waals surface area contributed by atoms with Crippen molar-refractivity contribution in [1.82, 2.24) is 4.98 Å². The molecule has 3 aliphatic heterocycles. The number of anilines is 6. The summed E-state index contributed by atoms with van der Waals surface area (Å²) in [4.78, 5) is 12.8. The van der Waals surface area contributed by atoms with E-state index in [1.165, 1.54) is 44.5 Å². The monoisotopic (exact) mass is 1140 g/mol. The number of benzene rings is 12. The summed E-state index contributed by atoms with van der Waals surface area (Å²) < 4.78 is 14.7. The van der Waals surface area contributed by atoms with Crippen LogP contribution in [0.1, 0.15) is 74.2 Å². The first-order valence-corrected chi connectivity index (χ1v) is 30.8. The summed E-state index contributed by atoms with van der Waals surface area (Å²) in [6.07, 6.45) is 7.38. The van der Waals surface area contributed by atoms with Gasteiger partial charge in [-0.2, -0.15) is 0 Å². The summed E-state index contributed by atoms with van der Waals surface area (Å²) in [5.41, 5.74) is 22.7. The molecule has 0 saturated heterocycles. The molecule has 1 aliphatic carbocycles. The molecule has 6 nitrogen and oxygen atoms in total. The van der Waals surface area contributed by atoms with Crippen molar-refractivity contribution in [2.45, 2.75) is 29.4 Å². The minimum Gasteiger partial charge on any atom is -0.464 e. The number of hydrogen-bond acceptors (Lipinski definition) is 6. The van der Waals surface area contributed by atoms with Crippen molar-refractivity contribution in [3.05, 3.63) is 383 Å². The van der Waals surface area contributed by atoms with E-state index < -0.39 is 17.1 Å². The minimum atomic E-state index is -0.573. The molecule has 424 valence electrons. The zero-order chi connectivity index (χ0) is 59.0. The van der Waals surface area contributed by atoms with Crippen LogP contribution in [0.3, 0.4) is 0 Å². The van der Waals surface area contributed by atoms with Crippen molar-refractivity contribution in [2.24, 2.45) is 0 Å². The third-order valence-electron chi connectivity index (χ3n) is 19.0. The molecular weight excluding hydrogens is 1080 g/mol. The molecule has 1 unspecified atom stereocenters. The molecule has 1 aromatic heterocycles. The number of oxazole rings is 1. The Morgan fingerprint density at radius 2 is 0.843 bits per heavy atom. The zero-order valence-electron chi connectivity index (χ0n) is 49.1. The first-order chi connectivity index (χ1) is 44.1. The first-order valence-electron chi connectivity index (χ1n) is 30.8. The quantitative estimate of drug-likeness (QED) is 0.136. The van der Waals surface area contributed by atoms with Crippen molar-refractivity contribution in [3.63, 3.8) is 0 Å². The van der Waals surface area contributed by atoms with Gasteiger partial charge < -0.3 is 23.9 Å². The summed E-state index contributed by atoms with van der Waals surface area (Å²) in [7, 11) is 2.16. The van der Waals surface area contributed by atoms with E-state index in [0.29, 0.717) is 12.3 Å². The molecule has 0 saturated carbocycles. The predicted molar refractivity (Wildman–Crippen MR) is 361 cm³/mol. The van der Waals surface area contributed by atoms with Crippen LogP contribution in [0.15, 0.2) is 332 Å². The Kier molecular flexibility index (Phi) is 12.3. The fourth-order valence-corrected chi connectivity index (χ4v) is 15.3. The summed E-state index contributed by atoms with van der Waals surface area (Å²) in [5, 5.41) is 0. The molecule has 4 aliphatic rings. The van der Waals surface area contributed by atoms with Crippen LogP contribution in [0.2, 0.25) is 0 Å². The molecule has 0 spiro atoms. The lowest BCUT2D eigenvalue weighted by Gasteiger charge is -2.47. The Balaban J connectivity index is 0.816. The van der Waals surface area contributed by atoms with E-state index >= 15 is 0 Å². The molecule has 0 fully saturated rings. The fraction of sp³-hybridized carbons (Fsp3) is 0.0723. The number of allylic oxidation sites excluding steroid dienone is 3. The predicted octanol–water partition coefficient (Wildman–Crippen LogP) is 20.3. The normalized spacial score (nSPS) is 16.6. The van der Waals surface area contributed by atoms with Gasteiger partial charge in [-0.1, -0.05) is 267 Å². The van der Waals surface area contributed by atoms with Crippen LogP contribution in [-0.4, -0.2) is 12.0 Å². The average molecular weight is 1150 g/mol. The number of aromatic nitrogens is 1. The van der Waals surface area contributed by atoms with Crippen molar-refractivity contribution >= 4 is 45.2 Å². The van der Waals surface area contributed by atoms with Gasteiger partial charge in [-0.15, -0.1) is 0 Å². The Morgan fingerprint density at radius 3 is 1.29 bits per heavy atom. The standard InChI is InChI=1S/C83H60N4O2/c1-85-77-75(57-50-54-65(55-51-57)87-72-46-26-22-42-68(72)83(62-36-16-6-17-37-62,63-38-18-7-19-39-63)69-43-23-27-47-73(69)87)78-76(84-80(88-78)58-28-8-2-9-29-58)74(79(77)89-81(85)59-30-10-3-11-31-59)56-48-52-64(53-49-56)86-70-44-24-20-40-66(70)82(60-32-12-4-13-33-60,61-34-14-5-15-35-61)67-41-21-25-45-71(67)86/h2-48,50-56,81H,49H2,1H3/t56-,81?/m1/s1. The molecule has 13 aromatic rings. The van der Waals surface area contributed by atoms with E-state index in [0.717, 1.165) is 84.5 Å². The van der Waals surface area contributed by atoms with Gasteiger partial charge in [-0.3, -0.25) is 0 Å². The fourth-order valence-electron chi connectivity index (χ4n) is 15.3. The third kappa shape index (κ3) is 7.93. The zero-order valence-corrected chi connectivity index (χ0v) is 49.1. The van der Waals surface area contributed by atoms with Crippen LogP contribution in [0.25, 0.3) is 33.7 Å². The van der Waals surface area contributed by atoms with Crippen molar-refractivity contribution in [1.29, 1.82) is 0 Å². The van der Waals surface area contributed by atoms with E-state index in [2.05, 4.69) is 325 Å². The highest BCUT2D eigenvalue weighted by molar-refractivity contribution is 6.06. The lowest BCUT2D eigenvalue weighted by atomic mass is 9.62. The summed E-state index contributed by atoms with van der Waals surface area (Å²) in [5.74, 6) is 1.25. The maximum Gasteiger partial charge on any atom is 0.227 e. The molecule has 0 N–H and O–H groups in total. The van der Waals surface area contributed by atoms with Gasteiger partial charge in [-0.05, 0) is 111 Å². The van der Waals surface area contributed by atoms with Gasteiger partial charge >= 0.3 is 0 Å². The molecular formula is C83H60N4O2. The SMILES string of the molecule is CN1c2c(c([C@@H]3C=CC(N4c5ccccc5C(c5ccccc5)(c5ccccc5)c5ccccc54)=CC3)c3nc(-c4ccccc4)oc3c2-c2ccc(N3c4ccccc4C(c4ccccc4)(c4ccccc4)c4ccccc43)cc2)OC1c1ccccc1. The number of fused-ring (bicyclic) bond motifs is 6. The van der Waals surface area contributed by atoms with E-state index in [1.807, 2.05) is 18.2 Å². The van der Waals surface area contributed by atoms with Gasteiger partial charge in [0.1, 0.15) is 5.52 Å². The average Bonchev–Trinajstić information content (AvgIpc) is 1.40. The molecule has 89 heavy (non-hydrogen) atoms. The number of para-hydroxylation sites is 4. The first kappa shape index (κ1) is 52.1. The Morgan fingerprint density at radius 1 is 0.427 bits per heavy atom. The van der Waals surface area contributed by atoms with Gasteiger partial charge in [0.15, 0.2) is 17.6 Å². The summed E-state index contributed by atoms with van der Waals surface area (Å²) in [6.45, 7) is 0. The highest BCUT2D eigenvalue weighted by Gasteiger charge is 2.49. The second-order valence-corrected chi connectivity index (χ2v) is 23.6. The number of nitrogens with zero attached hydrogens (tertiary/aromatic N) is 4. The van der Waals surface area contributed by atoms with Crippen molar-refractivity contribution in [2.75, 3.05) is 21.7 Å². The van der Waals surface area contributed by atoms with Gasteiger partial charge in [0, 0.05) is 41.0 Å². The second kappa shape index (κ2) is 21.0. The van der Waals surface area contributed by atoms with Crippen LogP contribution in [0.4, 0.5) is 34.1 Å². The van der Waals surface area contributed by atoms with Gasteiger partial charge in [0.25, 0.3) is 0 Å². The smallest absolute Gasteiger partial charge is 0.227 e. The van der Waals surface area contributed by atoms with Crippen LogP contribution < -0.4 is 19.4 Å². The van der Waals surface area contributed by atoms with Crippen LogP contribution in [0, 0.1) is 0 Å². The van der Waals surface area contributed by atoms with Gasteiger partial charge in [0.05, 0.1) is 44.8 Å². The molecule has 6 heteroatoms. The molecule has 0 radical (unpaired) electrons. The van der Waals surface area contributed by atoms with Crippen molar-refractivity contribution < 1.29 is 9.15 Å². The molecule has 17 rings (SSSR count). The lowest BCUT2D eigenvalue weighted by Crippen LogP contribution is -2.38. The summed E-state index contributed by atoms with van der Waals surface area (Å²) in [6, 6.07) is 110. The molecule has 0 amide bonds. The highest BCUT2D eigenvalue weighted by atomic mass is 16.5. The third-order valence-corrected chi connectivity index (χ3v) is 19.0. The van der Waals surface area contributed by atoms with Crippen LogP contribution in [0.5, 0.6) is 5.75 Å². The Labute approximate surface area is 518 Å². The lowest BCUT2D eigenvalue weighted by molar-refractivity contribution is 0.233. The maximum atomic E-state index is 7.48. The number of hydrogen-bond donors (Lipinski definition) is 0. The van der Waals surface area contributed by atoms with Crippen LogP contribution in [-0.2, 0) is 10.8 Å². The molecule has 12 aromatic carbocycles. The highest BCUT2D eigenvalue weighted by Crippen LogP contribution is 2.61. The summed E-state index contributed by atoms with van der Waals surface area (Å²) >= 11 is 0. The maximum absolute atomic E-state index is 7.48. The minimum absolute atomic E-state index is 0.121. The second-order valence-electron chi connectivity index (χ2n) is 23.6. The van der Waals surface area contributed by atoms with Gasteiger partial charge in [0.2, 0.25) is 5.89 Å². The molecule has 2 atom stereocenters. The van der Waals surface area contributed by atoms with E-state index in [9.17, 15) is 0 Å². The topological polar surface area (TPSA) is 45.0 Å². The largest absolute Gasteiger partial charge is 0.464 e. The Hall–Kier alpha value is -11.2. The van der Waals surface area contributed by atoms with E-state index in [4.69, 9.17) is 14.1 Å². The van der Waals surface area contributed by atoms with Gasteiger partial charge in [-0.25, -0.2) is 4.98 Å².